The molecule has 2 aromatic rings. The van der Waals surface area contributed by atoms with E-state index in [1.165, 1.54) is 0 Å². The summed E-state index contributed by atoms with van der Waals surface area (Å²) in [5.74, 6) is 0. The molecule has 0 saturated carbocycles. The molecule has 2 aromatic heterocycles. The molecule has 0 unspecified atom stereocenters. The molecule has 0 fully saturated rings. The van der Waals surface area contributed by atoms with Gasteiger partial charge in [0.1, 0.15) is 0 Å². The molecule has 18 heavy (non-hydrogen) atoms. The van der Waals surface area contributed by atoms with Gasteiger partial charge >= 0.3 is 0 Å². The van der Waals surface area contributed by atoms with Crippen LogP contribution in [0.15, 0.2) is 16.7 Å². The summed E-state index contributed by atoms with van der Waals surface area (Å²) in [6.45, 7) is 6.58. The van der Waals surface area contributed by atoms with Gasteiger partial charge in [0.2, 0.25) is 0 Å². The van der Waals surface area contributed by atoms with Gasteiger partial charge in [-0.15, -0.1) is 0 Å². The molecule has 0 aliphatic rings. The molecule has 5 nitrogen and oxygen atoms in total. The molecular formula is C12H18BrN5. The van der Waals surface area contributed by atoms with Gasteiger partial charge in [-0.1, -0.05) is 6.92 Å². The van der Waals surface area contributed by atoms with E-state index in [-0.39, 0.29) is 0 Å². The predicted molar refractivity (Wildman–Crippen MR) is 74.4 cm³/mol. The molecule has 2 rings (SSSR count). The Labute approximate surface area is 115 Å². The second-order valence-corrected chi connectivity index (χ2v) is 5.05. The van der Waals surface area contributed by atoms with Crippen LogP contribution in [0.4, 0.5) is 0 Å². The molecule has 0 spiro atoms. The van der Waals surface area contributed by atoms with Crippen molar-refractivity contribution in [2.75, 3.05) is 6.54 Å². The number of aromatic nitrogens is 4. The van der Waals surface area contributed by atoms with Crippen LogP contribution < -0.4 is 5.32 Å². The highest BCUT2D eigenvalue weighted by Crippen LogP contribution is 2.20. The van der Waals surface area contributed by atoms with Crippen molar-refractivity contribution in [3.05, 3.63) is 33.8 Å². The molecule has 0 bridgehead atoms. The van der Waals surface area contributed by atoms with Crippen molar-refractivity contribution >= 4 is 15.9 Å². The van der Waals surface area contributed by atoms with Crippen molar-refractivity contribution in [2.24, 2.45) is 7.05 Å². The Kier molecular flexibility index (Phi) is 4.19. The van der Waals surface area contributed by atoms with Gasteiger partial charge in [0.25, 0.3) is 0 Å². The largest absolute Gasteiger partial charge is 0.311 e. The summed E-state index contributed by atoms with van der Waals surface area (Å²) in [5.41, 5.74) is 3.20. The van der Waals surface area contributed by atoms with E-state index in [0.717, 1.165) is 41.2 Å². The summed E-state index contributed by atoms with van der Waals surface area (Å²) in [7, 11) is 1.95. The summed E-state index contributed by atoms with van der Waals surface area (Å²) in [6, 6.07) is 2.04. The zero-order valence-corrected chi connectivity index (χ0v) is 12.5. The van der Waals surface area contributed by atoms with E-state index in [9.17, 15) is 0 Å². The Morgan fingerprint density at radius 2 is 2.17 bits per heavy atom. The first-order valence-corrected chi connectivity index (χ1v) is 6.82. The third kappa shape index (κ3) is 2.81. The van der Waals surface area contributed by atoms with Crippen LogP contribution in [-0.2, 0) is 20.1 Å². The third-order valence-electron chi connectivity index (χ3n) is 2.83. The molecule has 0 amide bonds. The van der Waals surface area contributed by atoms with E-state index in [1.54, 1.807) is 0 Å². The Balaban J connectivity index is 2.11. The van der Waals surface area contributed by atoms with Crippen LogP contribution >= 0.6 is 15.9 Å². The lowest BCUT2D eigenvalue weighted by Crippen LogP contribution is -2.13. The predicted octanol–water partition coefficient (Wildman–Crippen LogP) is 1.85. The van der Waals surface area contributed by atoms with Crippen LogP contribution in [0, 0.1) is 6.92 Å². The molecule has 0 aromatic carbocycles. The summed E-state index contributed by atoms with van der Waals surface area (Å²) in [4.78, 5) is 0. The fraction of sp³-hybridized carbons (Fsp3) is 0.500. The number of rotatable bonds is 5. The SMILES string of the molecule is CCNCc1ccn(Cc2c(Br)c(C)nn2C)n1. The molecule has 98 valence electrons. The monoisotopic (exact) mass is 311 g/mol. The smallest absolute Gasteiger partial charge is 0.0839 e. The number of aryl methyl sites for hydroxylation is 2. The van der Waals surface area contributed by atoms with Crippen molar-refractivity contribution in [2.45, 2.75) is 26.9 Å². The molecule has 0 radical (unpaired) electrons. The van der Waals surface area contributed by atoms with Gasteiger partial charge in [-0.25, -0.2) is 0 Å². The minimum absolute atomic E-state index is 0.726. The number of nitrogens with one attached hydrogen (secondary N) is 1. The first-order valence-electron chi connectivity index (χ1n) is 6.02. The minimum atomic E-state index is 0.726. The average molecular weight is 312 g/mol. The lowest BCUT2D eigenvalue weighted by Gasteiger charge is -2.03. The van der Waals surface area contributed by atoms with Crippen LogP contribution in [0.3, 0.4) is 0 Å². The van der Waals surface area contributed by atoms with E-state index in [4.69, 9.17) is 0 Å². The van der Waals surface area contributed by atoms with Gasteiger partial charge in [0, 0.05) is 19.8 Å². The third-order valence-corrected chi connectivity index (χ3v) is 3.86. The highest BCUT2D eigenvalue weighted by Gasteiger charge is 2.11. The topological polar surface area (TPSA) is 47.7 Å². The highest BCUT2D eigenvalue weighted by atomic mass is 79.9. The van der Waals surface area contributed by atoms with Crippen molar-refractivity contribution in [1.29, 1.82) is 0 Å². The molecule has 0 atom stereocenters. The van der Waals surface area contributed by atoms with Crippen LogP contribution in [0.5, 0.6) is 0 Å². The normalized spacial score (nSPS) is 11.1. The summed E-state index contributed by atoms with van der Waals surface area (Å²) >= 11 is 3.57. The van der Waals surface area contributed by atoms with E-state index < -0.39 is 0 Å². The summed E-state index contributed by atoms with van der Waals surface area (Å²) < 4.78 is 4.90. The first kappa shape index (κ1) is 13.3. The van der Waals surface area contributed by atoms with Crippen LogP contribution in [0.2, 0.25) is 0 Å². The fourth-order valence-electron chi connectivity index (χ4n) is 1.84. The lowest BCUT2D eigenvalue weighted by molar-refractivity contribution is 0.602. The Morgan fingerprint density at radius 1 is 1.39 bits per heavy atom. The van der Waals surface area contributed by atoms with Gasteiger partial charge < -0.3 is 5.32 Å². The van der Waals surface area contributed by atoms with E-state index in [0.29, 0.717) is 0 Å². The molecule has 0 saturated heterocycles. The minimum Gasteiger partial charge on any atom is -0.311 e. The van der Waals surface area contributed by atoms with Crippen LogP contribution in [0.25, 0.3) is 0 Å². The number of nitrogens with zero attached hydrogens (tertiary/aromatic N) is 4. The fourth-order valence-corrected chi connectivity index (χ4v) is 2.31. The van der Waals surface area contributed by atoms with Gasteiger partial charge in [-0.05, 0) is 35.5 Å². The molecule has 0 aliphatic heterocycles. The zero-order valence-electron chi connectivity index (χ0n) is 10.9. The molecule has 2 heterocycles. The summed E-state index contributed by atoms with van der Waals surface area (Å²) in [5, 5.41) is 12.2. The maximum atomic E-state index is 4.53. The number of hydrogen-bond donors (Lipinski definition) is 1. The van der Waals surface area contributed by atoms with Crippen molar-refractivity contribution in [1.82, 2.24) is 24.9 Å². The van der Waals surface area contributed by atoms with Gasteiger partial charge in [0.15, 0.2) is 0 Å². The highest BCUT2D eigenvalue weighted by molar-refractivity contribution is 9.10. The number of halogens is 1. The van der Waals surface area contributed by atoms with E-state index in [1.807, 2.05) is 35.6 Å². The second kappa shape index (κ2) is 5.67. The maximum absolute atomic E-state index is 4.53. The Morgan fingerprint density at radius 3 is 2.78 bits per heavy atom. The van der Waals surface area contributed by atoms with E-state index in [2.05, 4.69) is 38.4 Å². The van der Waals surface area contributed by atoms with Gasteiger partial charge in [-0.2, -0.15) is 10.2 Å². The molecule has 0 aliphatic carbocycles. The first-order chi connectivity index (χ1) is 8.61. The summed E-state index contributed by atoms with van der Waals surface area (Å²) in [6.07, 6.45) is 2.00. The van der Waals surface area contributed by atoms with Gasteiger partial charge in [-0.3, -0.25) is 9.36 Å². The van der Waals surface area contributed by atoms with Crippen molar-refractivity contribution in [3.8, 4) is 0 Å². The second-order valence-electron chi connectivity index (χ2n) is 4.25. The number of hydrogen-bond acceptors (Lipinski definition) is 3. The van der Waals surface area contributed by atoms with Crippen molar-refractivity contribution < 1.29 is 0 Å². The van der Waals surface area contributed by atoms with Crippen LogP contribution in [0.1, 0.15) is 24.0 Å². The standard InChI is InChI=1S/C12H18BrN5/c1-4-14-7-10-5-6-18(16-10)8-11-12(13)9(2)15-17(11)3/h5-6,14H,4,7-8H2,1-3H3. The van der Waals surface area contributed by atoms with E-state index >= 15 is 0 Å². The van der Waals surface area contributed by atoms with Crippen molar-refractivity contribution in [3.63, 3.8) is 0 Å². The average Bonchev–Trinajstić information content (AvgIpc) is 2.88. The zero-order chi connectivity index (χ0) is 13.1. The Bertz CT molecular complexity index is 529. The maximum Gasteiger partial charge on any atom is 0.0839 e. The van der Waals surface area contributed by atoms with Crippen LogP contribution in [-0.4, -0.2) is 26.1 Å². The molecular weight excluding hydrogens is 294 g/mol. The van der Waals surface area contributed by atoms with Gasteiger partial charge in [0.05, 0.1) is 28.1 Å². The lowest BCUT2D eigenvalue weighted by atomic mass is 10.3. The Hall–Kier alpha value is -1.14. The molecule has 1 N–H and O–H groups in total. The molecule has 6 heteroatoms. The quantitative estimate of drug-likeness (QED) is 0.916.